The molecule has 0 aliphatic heterocycles. The molecule has 1 aromatic carbocycles. The molecule has 1 rings (SSSR count). The second-order valence-corrected chi connectivity index (χ2v) is 4.32. The van der Waals surface area contributed by atoms with Gasteiger partial charge in [-0.15, -0.1) is 11.6 Å². The van der Waals surface area contributed by atoms with Crippen LogP contribution in [0.25, 0.3) is 0 Å². The van der Waals surface area contributed by atoms with Crippen molar-refractivity contribution in [1.29, 1.82) is 0 Å². The Labute approximate surface area is 117 Å². The molecule has 0 N–H and O–H groups in total. The van der Waals surface area contributed by atoms with Crippen molar-refractivity contribution >= 4 is 23.5 Å². The molecule has 0 aromatic heterocycles. The number of unbranched alkanes of at least 4 members (excludes halogenated alkanes) is 1. The van der Waals surface area contributed by atoms with E-state index in [0.717, 1.165) is 12.8 Å². The van der Waals surface area contributed by atoms with Crippen molar-refractivity contribution in [2.24, 2.45) is 0 Å². The zero-order valence-corrected chi connectivity index (χ0v) is 11.6. The van der Waals surface area contributed by atoms with Crippen LogP contribution in [-0.4, -0.2) is 17.8 Å². The van der Waals surface area contributed by atoms with Gasteiger partial charge in [-0.05, 0) is 18.6 Å². The number of para-hydroxylation sites is 2. The molecule has 1 aromatic rings. The average Bonchev–Trinajstić information content (AvgIpc) is 2.39. The molecule has 4 nitrogen and oxygen atoms in total. The van der Waals surface area contributed by atoms with Crippen LogP contribution in [0.2, 0.25) is 0 Å². The third-order valence-electron chi connectivity index (χ3n) is 2.33. The Morgan fingerprint density at radius 2 is 1.58 bits per heavy atom. The predicted molar refractivity (Wildman–Crippen MR) is 72.6 cm³/mol. The fourth-order valence-corrected chi connectivity index (χ4v) is 1.52. The number of halogens is 1. The molecule has 0 saturated carbocycles. The number of benzene rings is 1. The number of carbonyl (C=O) groups excluding carboxylic acids is 2. The van der Waals surface area contributed by atoms with Crippen LogP contribution in [-0.2, 0) is 9.59 Å². The maximum atomic E-state index is 11.6. The first-order chi connectivity index (χ1) is 9.17. The van der Waals surface area contributed by atoms with Crippen molar-refractivity contribution in [1.82, 2.24) is 0 Å². The minimum absolute atomic E-state index is 0.111. The molecular formula is C14H17ClO4. The van der Waals surface area contributed by atoms with E-state index in [0.29, 0.717) is 6.42 Å². The van der Waals surface area contributed by atoms with Crippen LogP contribution in [0.1, 0.15) is 32.6 Å². The Morgan fingerprint density at radius 3 is 2.05 bits per heavy atom. The van der Waals surface area contributed by atoms with Gasteiger partial charge in [-0.2, -0.15) is 0 Å². The first-order valence-electron chi connectivity index (χ1n) is 6.23. The summed E-state index contributed by atoms with van der Waals surface area (Å²) in [6, 6.07) is 6.58. The summed E-state index contributed by atoms with van der Waals surface area (Å²) in [5.74, 6) is -0.0964. The SMILES string of the molecule is CCCCC(=O)Oc1ccccc1OC(=O)CCCl. The van der Waals surface area contributed by atoms with E-state index in [2.05, 4.69) is 0 Å². The Balaban J connectivity index is 2.67. The van der Waals surface area contributed by atoms with Gasteiger partial charge >= 0.3 is 11.9 Å². The van der Waals surface area contributed by atoms with E-state index in [1.807, 2.05) is 6.92 Å². The zero-order valence-electron chi connectivity index (χ0n) is 10.9. The van der Waals surface area contributed by atoms with Gasteiger partial charge in [0.15, 0.2) is 11.5 Å². The van der Waals surface area contributed by atoms with Crippen molar-refractivity contribution in [3.8, 4) is 11.5 Å². The molecule has 0 amide bonds. The molecule has 0 aliphatic carbocycles. The molecule has 0 heterocycles. The Hall–Kier alpha value is -1.55. The summed E-state index contributed by atoms with van der Waals surface area (Å²) in [7, 11) is 0. The third-order valence-corrected chi connectivity index (χ3v) is 2.52. The lowest BCUT2D eigenvalue weighted by Crippen LogP contribution is -2.12. The maximum Gasteiger partial charge on any atom is 0.312 e. The van der Waals surface area contributed by atoms with Gasteiger partial charge in [-0.3, -0.25) is 9.59 Å². The van der Waals surface area contributed by atoms with Crippen LogP contribution in [0.15, 0.2) is 24.3 Å². The van der Waals surface area contributed by atoms with E-state index in [4.69, 9.17) is 21.1 Å². The van der Waals surface area contributed by atoms with Gasteiger partial charge in [0.05, 0.1) is 6.42 Å². The number of esters is 2. The minimum atomic E-state index is -0.452. The van der Waals surface area contributed by atoms with Gasteiger partial charge in [0.25, 0.3) is 0 Å². The fraction of sp³-hybridized carbons (Fsp3) is 0.429. The van der Waals surface area contributed by atoms with Crippen LogP contribution in [0.5, 0.6) is 11.5 Å². The standard InChI is InChI=1S/C14H17ClO4/c1-2-3-8-13(16)18-11-6-4-5-7-12(11)19-14(17)9-10-15/h4-7H,2-3,8-10H2,1H3. The van der Waals surface area contributed by atoms with Crippen molar-refractivity contribution < 1.29 is 19.1 Å². The first-order valence-corrected chi connectivity index (χ1v) is 6.77. The Morgan fingerprint density at radius 1 is 1.05 bits per heavy atom. The van der Waals surface area contributed by atoms with Crippen molar-refractivity contribution in [2.45, 2.75) is 32.6 Å². The monoisotopic (exact) mass is 284 g/mol. The second-order valence-electron chi connectivity index (χ2n) is 3.94. The van der Waals surface area contributed by atoms with Gasteiger partial charge < -0.3 is 9.47 Å². The van der Waals surface area contributed by atoms with E-state index in [1.165, 1.54) is 0 Å². The molecular weight excluding hydrogens is 268 g/mol. The van der Waals surface area contributed by atoms with Crippen LogP contribution in [0.3, 0.4) is 0 Å². The summed E-state index contributed by atoms with van der Waals surface area (Å²) in [6.45, 7) is 2.00. The summed E-state index contributed by atoms with van der Waals surface area (Å²) in [5.41, 5.74) is 0. The fourth-order valence-electron chi connectivity index (χ4n) is 1.36. The lowest BCUT2D eigenvalue weighted by Gasteiger charge is -2.09. The van der Waals surface area contributed by atoms with Crippen LogP contribution < -0.4 is 9.47 Å². The normalized spacial score (nSPS) is 10.0. The summed E-state index contributed by atoms with van der Waals surface area (Å²) in [4.78, 5) is 22.9. The smallest absolute Gasteiger partial charge is 0.312 e. The molecule has 0 bridgehead atoms. The van der Waals surface area contributed by atoms with Crippen molar-refractivity contribution in [3.05, 3.63) is 24.3 Å². The molecule has 0 spiro atoms. The highest BCUT2D eigenvalue weighted by Gasteiger charge is 2.12. The summed E-state index contributed by atoms with van der Waals surface area (Å²) in [6.07, 6.45) is 2.15. The summed E-state index contributed by atoms with van der Waals surface area (Å²) >= 11 is 5.46. The molecule has 0 unspecified atom stereocenters. The van der Waals surface area contributed by atoms with Gasteiger partial charge in [0, 0.05) is 12.3 Å². The lowest BCUT2D eigenvalue weighted by molar-refractivity contribution is -0.137. The maximum absolute atomic E-state index is 11.6. The number of hydrogen-bond donors (Lipinski definition) is 0. The summed E-state index contributed by atoms with van der Waals surface area (Å²) < 4.78 is 10.3. The Bertz CT molecular complexity index is 431. The van der Waals surface area contributed by atoms with Gasteiger partial charge in [-0.1, -0.05) is 25.5 Å². The zero-order chi connectivity index (χ0) is 14.1. The molecule has 0 fully saturated rings. The molecule has 5 heteroatoms. The number of rotatable bonds is 7. The highest BCUT2D eigenvalue weighted by atomic mass is 35.5. The van der Waals surface area contributed by atoms with Gasteiger partial charge in [0.2, 0.25) is 0 Å². The van der Waals surface area contributed by atoms with Crippen LogP contribution in [0, 0.1) is 0 Å². The summed E-state index contributed by atoms with van der Waals surface area (Å²) in [5, 5.41) is 0. The van der Waals surface area contributed by atoms with Crippen LogP contribution >= 0.6 is 11.6 Å². The highest BCUT2D eigenvalue weighted by Crippen LogP contribution is 2.27. The third kappa shape index (κ3) is 5.75. The molecule has 19 heavy (non-hydrogen) atoms. The van der Waals surface area contributed by atoms with Crippen molar-refractivity contribution in [2.75, 3.05) is 5.88 Å². The molecule has 0 saturated heterocycles. The number of alkyl halides is 1. The predicted octanol–water partition coefficient (Wildman–Crippen LogP) is 3.32. The van der Waals surface area contributed by atoms with Crippen molar-refractivity contribution in [3.63, 3.8) is 0 Å². The molecule has 104 valence electrons. The number of hydrogen-bond acceptors (Lipinski definition) is 4. The van der Waals surface area contributed by atoms with E-state index in [-0.39, 0.29) is 29.8 Å². The topological polar surface area (TPSA) is 52.6 Å². The van der Waals surface area contributed by atoms with Gasteiger partial charge in [0.1, 0.15) is 0 Å². The van der Waals surface area contributed by atoms with Gasteiger partial charge in [-0.25, -0.2) is 0 Å². The Kier molecular flexibility index (Phi) is 6.97. The molecule has 0 aliphatic rings. The molecule has 0 atom stereocenters. The van der Waals surface area contributed by atoms with E-state index >= 15 is 0 Å². The van der Waals surface area contributed by atoms with E-state index < -0.39 is 5.97 Å². The molecule has 0 radical (unpaired) electrons. The minimum Gasteiger partial charge on any atom is -0.423 e. The van der Waals surface area contributed by atoms with E-state index in [9.17, 15) is 9.59 Å². The van der Waals surface area contributed by atoms with E-state index in [1.54, 1.807) is 24.3 Å². The first kappa shape index (κ1) is 15.5. The second kappa shape index (κ2) is 8.53. The number of ether oxygens (including phenoxy) is 2. The number of carbonyl (C=O) groups is 2. The quantitative estimate of drug-likeness (QED) is 0.438. The lowest BCUT2D eigenvalue weighted by atomic mass is 10.2. The average molecular weight is 285 g/mol. The van der Waals surface area contributed by atoms with Crippen LogP contribution in [0.4, 0.5) is 0 Å². The highest BCUT2D eigenvalue weighted by molar-refractivity contribution is 6.18. The largest absolute Gasteiger partial charge is 0.423 e.